The molecule has 2 rings (SSSR count). The van der Waals surface area contributed by atoms with Gasteiger partial charge in [0.1, 0.15) is 17.0 Å². The molecule has 1 N–H and O–H groups in total. The second-order valence-electron chi connectivity index (χ2n) is 6.47. The summed E-state index contributed by atoms with van der Waals surface area (Å²) >= 11 is 5.69. The van der Waals surface area contributed by atoms with Crippen molar-refractivity contribution in [2.45, 2.75) is 38.4 Å². The van der Waals surface area contributed by atoms with Crippen LogP contribution in [0.5, 0.6) is 0 Å². The molecule has 0 spiro atoms. The average molecular weight is 316 g/mol. The first-order chi connectivity index (χ1) is 9.58. The number of rotatable bonds is 2. The highest BCUT2D eigenvalue weighted by atomic mass is 35.5. The van der Waals surface area contributed by atoms with Gasteiger partial charge >= 0.3 is 6.09 Å². The molecule has 116 valence electrons. The van der Waals surface area contributed by atoms with E-state index in [4.69, 9.17) is 16.3 Å². The summed E-state index contributed by atoms with van der Waals surface area (Å²) < 4.78 is 18.9. The highest BCUT2D eigenvalue weighted by Crippen LogP contribution is 2.28. The Morgan fingerprint density at radius 3 is 2.62 bits per heavy atom. The standard InChI is InChI=1S/C15H19ClFNO3/c1-14(2,3)21-13(19)18-8-15(20,9-18)7-10-4-5-11(16)6-12(10)17/h4-6,20H,7-9H2,1-3H3. The lowest BCUT2D eigenvalue weighted by Crippen LogP contribution is -2.65. The molecule has 0 unspecified atom stereocenters. The monoisotopic (exact) mass is 315 g/mol. The number of likely N-dealkylation sites (tertiary alicyclic amines) is 1. The van der Waals surface area contributed by atoms with Crippen molar-refractivity contribution in [3.8, 4) is 0 Å². The Morgan fingerprint density at radius 2 is 2.10 bits per heavy atom. The zero-order chi connectivity index (χ0) is 15.8. The summed E-state index contributed by atoms with van der Waals surface area (Å²) in [6, 6.07) is 4.34. The molecular formula is C15H19ClFNO3. The van der Waals surface area contributed by atoms with Crippen molar-refractivity contribution in [3.63, 3.8) is 0 Å². The number of nitrogens with zero attached hydrogens (tertiary/aromatic N) is 1. The second-order valence-corrected chi connectivity index (χ2v) is 6.91. The maximum atomic E-state index is 13.7. The number of hydrogen-bond donors (Lipinski definition) is 1. The minimum atomic E-state index is -1.12. The first kappa shape index (κ1) is 16.0. The lowest BCUT2D eigenvalue weighted by molar-refractivity contribution is -0.0976. The van der Waals surface area contributed by atoms with Crippen LogP contribution in [0, 0.1) is 5.82 Å². The topological polar surface area (TPSA) is 49.8 Å². The lowest BCUT2D eigenvalue weighted by atomic mass is 9.87. The van der Waals surface area contributed by atoms with Gasteiger partial charge in [0.15, 0.2) is 0 Å². The quantitative estimate of drug-likeness (QED) is 0.912. The highest BCUT2D eigenvalue weighted by molar-refractivity contribution is 6.30. The first-order valence-electron chi connectivity index (χ1n) is 6.72. The van der Waals surface area contributed by atoms with Crippen LogP contribution in [0.2, 0.25) is 5.02 Å². The minimum absolute atomic E-state index is 0.129. The molecule has 0 bridgehead atoms. The number of ether oxygens (including phenoxy) is 1. The number of halogens is 2. The van der Waals surface area contributed by atoms with Crippen LogP contribution < -0.4 is 0 Å². The van der Waals surface area contributed by atoms with Crippen LogP contribution in [0.25, 0.3) is 0 Å². The van der Waals surface area contributed by atoms with Crippen LogP contribution in [0.15, 0.2) is 18.2 Å². The van der Waals surface area contributed by atoms with E-state index >= 15 is 0 Å². The smallest absolute Gasteiger partial charge is 0.410 e. The maximum absolute atomic E-state index is 13.7. The van der Waals surface area contributed by atoms with Crippen LogP contribution >= 0.6 is 11.6 Å². The third-order valence-corrected chi connectivity index (χ3v) is 3.39. The summed E-state index contributed by atoms with van der Waals surface area (Å²) in [4.78, 5) is 13.2. The van der Waals surface area contributed by atoms with Gasteiger partial charge in [-0.3, -0.25) is 0 Å². The van der Waals surface area contributed by atoms with Crippen molar-refractivity contribution in [3.05, 3.63) is 34.6 Å². The van der Waals surface area contributed by atoms with Gasteiger partial charge in [-0.25, -0.2) is 9.18 Å². The Balaban J connectivity index is 1.94. The van der Waals surface area contributed by atoms with E-state index in [0.717, 1.165) is 0 Å². The van der Waals surface area contributed by atoms with Gasteiger partial charge in [-0.05, 0) is 38.5 Å². The van der Waals surface area contributed by atoms with Crippen molar-refractivity contribution >= 4 is 17.7 Å². The Bertz CT molecular complexity index is 550. The van der Waals surface area contributed by atoms with E-state index in [0.29, 0.717) is 10.6 Å². The Hall–Kier alpha value is -1.33. The number of aliphatic hydroxyl groups is 1. The zero-order valence-corrected chi connectivity index (χ0v) is 13.1. The summed E-state index contributed by atoms with van der Waals surface area (Å²) in [6.45, 7) is 5.59. The fourth-order valence-electron chi connectivity index (χ4n) is 2.25. The molecule has 4 nitrogen and oxygen atoms in total. The average Bonchev–Trinajstić information content (AvgIpc) is 2.27. The summed E-state index contributed by atoms with van der Waals surface area (Å²) in [5, 5.41) is 10.6. The highest BCUT2D eigenvalue weighted by Gasteiger charge is 2.45. The molecule has 21 heavy (non-hydrogen) atoms. The number of β-amino-alcohol motifs (C(OH)–C–C–N with tert-alkyl or cyclic N) is 1. The summed E-state index contributed by atoms with van der Waals surface area (Å²) in [6.07, 6.45) is -0.335. The molecule has 1 aromatic carbocycles. The predicted molar refractivity (Wildman–Crippen MR) is 77.9 cm³/mol. The van der Waals surface area contributed by atoms with E-state index in [9.17, 15) is 14.3 Å². The number of hydrogen-bond acceptors (Lipinski definition) is 3. The molecule has 1 amide bonds. The summed E-state index contributed by atoms with van der Waals surface area (Å²) in [5.41, 5.74) is -1.32. The van der Waals surface area contributed by atoms with Crippen LogP contribution in [0.4, 0.5) is 9.18 Å². The maximum Gasteiger partial charge on any atom is 0.410 e. The summed E-state index contributed by atoms with van der Waals surface area (Å²) in [5.74, 6) is -0.452. The van der Waals surface area contributed by atoms with Crippen LogP contribution in [0.3, 0.4) is 0 Å². The van der Waals surface area contributed by atoms with Gasteiger partial charge in [0, 0.05) is 11.4 Å². The molecule has 0 aliphatic carbocycles. The van der Waals surface area contributed by atoms with Gasteiger partial charge in [-0.1, -0.05) is 17.7 Å². The molecule has 0 aromatic heterocycles. The summed E-state index contributed by atoms with van der Waals surface area (Å²) in [7, 11) is 0. The zero-order valence-electron chi connectivity index (χ0n) is 12.3. The number of amides is 1. The molecule has 0 atom stereocenters. The SMILES string of the molecule is CC(C)(C)OC(=O)N1CC(O)(Cc2ccc(Cl)cc2F)C1. The van der Waals surface area contributed by atoms with E-state index in [2.05, 4.69) is 0 Å². The molecule has 0 radical (unpaired) electrons. The Kier molecular flexibility index (Phi) is 4.17. The lowest BCUT2D eigenvalue weighted by Gasteiger charge is -2.46. The molecule has 1 heterocycles. The van der Waals surface area contributed by atoms with E-state index in [1.54, 1.807) is 32.9 Å². The fourth-order valence-corrected chi connectivity index (χ4v) is 2.41. The molecule has 6 heteroatoms. The van der Waals surface area contributed by atoms with Crippen LogP contribution in [-0.2, 0) is 11.2 Å². The number of carbonyl (C=O) groups is 1. The Morgan fingerprint density at radius 1 is 1.48 bits per heavy atom. The third kappa shape index (κ3) is 4.08. The van der Waals surface area contributed by atoms with E-state index < -0.39 is 23.1 Å². The normalized spacial score (nSPS) is 17.3. The van der Waals surface area contributed by atoms with Gasteiger partial charge < -0.3 is 14.7 Å². The molecule has 1 fully saturated rings. The predicted octanol–water partition coefficient (Wildman–Crippen LogP) is 3.00. The first-order valence-corrected chi connectivity index (χ1v) is 7.10. The van der Waals surface area contributed by atoms with Gasteiger partial charge in [0.05, 0.1) is 13.1 Å². The molecule has 0 saturated carbocycles. The van der Waals surface area contributed by atoms with Crippen LogP contribution in [0.1, 0.15) is 26.3 Å². The van der Waals surface area contributed by atoms with E-state index in [1.165, 1.54) is 11.0 Å². The molecule has 1 saturated heterocycles. The molecular weight excluding hydrogens is 297 g/mol. The largest absolute Gasteiger partial charge is 0.444 e. The number of benzene rings is 1. The molecule has 1 aliphatic rings. The molecule has 1 aromatic rings. The van der Waals surface area contributed by atoms with Crippen molar-refractivity contribution in [1.82, 2.24) is 4.90 Å². The number of carbonyl (C=O) groups excluding carboxylic acids is 1. The van der Waals surface area contributed by atoms with Crippen molar-refractivity contribution in [2.24, 2.45) is 0 Å². The minimum Gasteiger partial charge on any atom is -0.444 e. The second kappa shape index (κ2) is 5.46. The third-order valence-electron chi connectivity index (χ3n) is 3.16. The van der Waals surface area contributed by atoms with E-state index in [1.807, 2.05) is 0 Å². The van der Waals surface area contributed by atoms with Gasteiger partial charge in [-0.15, -0.1) is 0 Å². The van der Waals surface area contributed by atoms with Crippen molar-refractivity contribution in [2.75, 3.05) is 13.1 Å². The van der Waals surface area contributed by atoms with Gasteiger partial charge in [0.2, 0.25) is 0 Å². The van der Waals surface area contributed by atoms with Crippen molar-refractivity contribution in [1.29, 1.82) is 0 Å². The van der Waals surface area contributed by atoms with Crippen molar-refractivity contribution < 1.29 is 19.0 Å². The molecule has 1 aliphatic heterocycles. The van der Waals surface area contributed by atoms with Gasteiger partial charge in [-0.2, -0.15) is 0 Å². The fraction of sp³-hybridized carbons (Fsp3) is 0.533. The Labute approximate surface area is 128 Å². The van der Waals surface area contributed by atoms with Crippen LogP contribution in [-0.4, -0.2) is 40.4 Å². The van der Waals surface area contributed by atoms with E-state index in [-0.39, 0.29) is 19.5 Å². The van der Waals surface area contributed by atoms with Gasteiger partial charge in [0.25, 0.3) is 0 Å².